The van der Waals surface area contributed by atoms with E-state index >= 15 is 0 Å². The summed E-state index contributed by atoms with van der Waals surface area (Å²) in [6.07, 6.45) is 3.19. The summed E-state index contributed by atoms with van der Waals surface area (Å²) in [6.45, 7) is 9.24. The standard InChI is InChI=1S/C14H23N3/c1-3-17-9-7-13(11-17)10-16-12(2)14-6-4-5-8-15-14/h4-6,8,12-13,16H,3,7,9-11H2,1-2H3. The van der Waals surface area contributed by atoms with Crippen molar-refractivity contribution in [2.75, 3.05) is 26.2 Å². The van der Waals surface area contributed by atoms with Gasteiger partial charge in [-0.25, -0.2) is 0 Å². The quantitative estimate of drug-likeness (QED) is 0.844. The highest BCUT2D eigenvalue weighted by Crippen LogP contribution is 2.16. The maximum absolute atomic E-state index is 4.38. The fourth-order valence-corrected chi connectivity index (χ4v) is 2.45. The summed E-state index contributed by atoms with van der Waals surface area (Å²) in [7, 11) is 0. The van der Waals surface area contributed by atoms with Crippen LogP contribution in [0.15, 0.2) is 24.4 Å². The molecule has 1 aromatic heterocycles. The summed E-state index contributed by atoms with van der Waals surface area (Å²) in [6, 6.07) is 6.46. The lowest BCUT2D eigenvalue weighted by Crippen LogP contribution is -2.28. The van der Waals surface area contributed by atoms with Gasteiger partial charge >= 0.3 is 0 Å². The molecule has 2 heterocycles. The summed E-state index contributed by atoms with van der Waals surface area (Å²) < 4.78 is 0. The Morgan fingerprint density at radius 1 is 1.53 bits per heavy atom. The molecule has 1 fully saturated rings. The van der Waals surface area contributed by atoms with E-state index in [1.165, 1.54) is 26.1 Å². The van der Waals surface area contributed by atoms with Crippen LogP contribution >= 0.6 is 0 Å². The Hall–Kier alpha value is -0.930. The molecule has 1 N–H and O–H groups in total. The molecule has 2 atom stereocenters. The van der Waals surface area contributed by atoms with Crippen LogP contribution in [0.1, 0.15) is 32.0 Å². The van der Waals surface area contributed by atoms with Gasteiger partial charge in [0.1, 0.15) is 0 Å². The van der Waals surface area contributed by atoms with Gasteiger partial charge in [-0.3, -0.25) is 4.98 Å². The molecule has 1 aliphatic rings. The number of nitrogens with one attached hydrogen (secondary N) is 1. The lowest BCUT2D eigenvalue weighted by Gasteiger charge is -2.17. The predicted octanol–water partition coefficient (Wildman–Crippen LogP) is 2.07. The van der Waals surface area contributed by atoms with E-state index in [0.29, 0.717) is 6.04 Å². The van der Waals surface area contributed by atoms with E-state index in [4.69, 9.17) is 0 Å². The van der Waals surface area contributed by atoms with Crippen molar-refractivity contribution in [1.29, 1.82) is 0 Å². The third-order valence-corrected chi connectivity index (χ3v) is 3.66. The van der Waals surface area contributed by atoms with Crippen molar-refractivity contribution in [3.63, 3.8) is 0 Å². The van der Waals surface area contributed by atoms with Gasteiger partial charge in [0.2, 0.25) is 0 Å². The number of hydrogen-bond acceptors (Lipinski definition) is 3. The van der Waals surface area contributed by atoms with Crippen LogP contribution in [0.2, 0.25) is 0 Å². The predicted molar refractivity (Wildman–Crippen MR) is 70.9 cm³/mol. The zero-order chi connectivity index (χ0) is 12.1. The molecule has 1 aliphatic heterocycles. The van der Waals surface area contributed by atoms with Gasteiger partial charge in [0.05, 0.1) is 5.69 Å². The number of aromatic nitrogens is 1. The maximum Gasteiger partial charge on any atom is 0.0570 e. The van der Waals surface area contributed by atoms with Gasteiger partial charge in [-0.1, -0.05) is 13.0 Å². The Morgan fingerprint density at radius 2 is 2.41 bits per heavy atom. The fraction of sp³-hybridized carbons (Fsp3) is 0.643. The van der Waals surface area contributed by atoms with Crippen molar-refractivity contribution in [3.05, 3.63) is 30.1 Å². The molecule has 0 aromatic carbocycles. The highest BCUT2D eigenvalue weighted by Gasteiger charge is 2.21. The third-order valence-electron chi connectivity index (χ3n) is 3.66. The molecule has 0 aliphatic carbocycles. The molecule has 3 nitrogen and oxygen atoms in total. The number of hydrogen-bond donors (Lipinski definition) is 1. The summed E-state index contributed by atoms with van der Waals surface area (Å²) in [4.78, 5) is 6.91. The van der Waals surface area contributed by atoms with E-state index < -0.39 is 0 Å². The van der Waals surface area contributed by atoms with Crippen molar-refractivity contribution in [1.82, 2.24) is 15.2 Å². The molecule has 1 aromatic rings. The van der Waals surface area contributed by atoms with Crippen LogP contribution < -0.4 is 5.32 Å². The molecule has 2 unspecified atom stereocenters. The molecule has 0 bridgehead atoms. The van der Waals surface area contributed by atoms with Crippen LogP contribution in [0.5, 0.6) is 0 Å². The Kier molecular flexibility index (Phi) is 4.51. The van der Waals surface area contributed by atoms with Gasteiger partial charge in [-0.05, 0) is 51.0 Å². The average molecular weight is 233 g/mol. The lowest BCUT2D eigenvalue weighted by molar-refractivity contribution is 0.336. The van der Waals surface area contributed by atoms with Crippen LogP contribution in [-0.2, 0) is 0 Å². The Morgan fingerprint density at radius 3 is 3.06 bits per heavy atom. The van der Waals surface area contributed by atoms with Crippen LogP contribution in [0.4, 0.5) is 0 Å². The topological polar surface area (TPSA) is 28.2 Å². The lowest BCUT2D eigenvalue weighted by atomic mass is 10.1. The first kappa shape index (κ1) is 12.5. The first-order valence-electron chi connectivity index (χ1n) is 6.66. The highest BCUT2D eigenvalue weighted by molar-refractivity contribution is 5.07. The van der Waals surface area contributed by atoms with Crippen LogP contribution in [0.3, 0.4) is 0 Å². The Labute approximate surface area is 104 Å². The monoisotopic (exact) mass is 233 g/mol. The Bertz CT molecular complexity index is 325. The first-order valence-corrected chi connectivity index (χ1v) is 6.66. The molecule has 0 amide bonds. The van der Waals surface area contributed by atoms with Crippen molar-refractivity contribution < 1.29 is 0 Å². The first-order chi connectivity index (χ1) is 8.29. The summed E-state index contributed by atoms with van der Waals surface area (Å²) in [5.74, 6) is 0.807. The molecular formula is C14H23N3. The van der Waals surface area contributed by atoms with E-state index in [2.05, 4.69) is 41.2 Å². The maximum atomic E-state index is 4.38. The van der Waals surface area contributed by atoms with E-state index in [0.717, 1.165) is 18.2 Å². The van der Waals surface area contributed by atoms with Gasteiger partial charge in [0, 0.05) is 18.8 Å². The van der Waals surface area contributed by atoms with Crippen molar-refractivity contribution >= 4 is 0 Å². The molecule has 0 saturated carbocycles. The zero-order valence-electron chi connectivity index (χ0n) is 10.9. The fourth-order valence-electron chi connectivity index (χ4n) is 2.45. The minimum atomic E-state index is 0.354. The molecular weight excluding hydrogens is 210 g/mol. The smallest absolute Gasteiger partial charge is 0.0570 e. The minimum absolute atomic E-state index is 0.354. The summed E-state index contributed by atoms with van der Waals surface area (Å²) >= 11 is 0. The molecule has 2 rings (SSSR count). The van der Waals surface area contributed by atoms with Gasteiger partial charge in [0.15, 0.2) is 0 Å². The molecule has 94 valence electrons. The van der Waals surface area contributed by atoms with Crippen molar-refractivity contribution in [2.24, 2.45) is 5.92 Å². The number of nitrogens with zero attached hydrogens (tertiary/aromatic N) is 2. The van der Waals surface area contributed by atoms with Gasteiger partial charge < -0.3 is 10.2 Å². The zero-order valence-corrected chi connectivity index (χ0v) is 10.9. The third kappa shape index (κ3) is 3.51. The second kappa shape index (κ2) is 6.12. The molecule has 17 heavy (non-hydrogen) atoms. The second-order valence-corrected chi connectivity index (χ2v) is 4.93. The Balaban J connectivity index is 1.75. The van der Waals surface area contributed by atoms with Gasteiger partial charge in [0.25, 0.3) is 0 Å². The van der Waals surface area contributed by atoms with Gasteiger partial charge in [-0.15, -0.1) is 0 Å². The summed E-state index contributed by atoms with van der Waals surface area (Å²) in [5.41, 5.74) is 1.14. The average Bonchev–Trinajstić information content (AvgIpc) is 2.85. The van der Waals surface area contributed by atoms with Crippen LogP contribution in [0.25, 0.3) is 0 Å². The van der Waals surface area contributed by atoms with E-state index in [9.17, 15) is 0 Å². The summed E-state index contributed by atoms with van der Waals surface area (Å²) in [5, 5.41) is 3.60. The van der Waals surface area contributed by atoms with Crippen LogP contribution in [0, 0.1) is 5.92 Å². The molecule has 0 spiro atoms. The van der Waals surface area contributed by atoms with Gasteiger partial charge in [-0.2, -0.15) is 0 Å². The molecule has 1 saturated heterocycles. The van der Waals surface area contributed by atoms with Crippen molar-refractivity contribution in [3.8, 4) is 0 Å². The van der Waals surface area contributed by atoms with Crippen LogP contribution in [-0.4, -0.2) is 36.1 Å². The van der Waals surface area contributed by atoms with E-state index in [1.807, 2.05) is 12.3 Å². The SMILES string of the molecule is CCN1CCC(CNC(C)c2ccccn2)C1. The van der Waals surface area contributed by atoms with E-state index in [1.54, 1.807) is 0 Å². The van der Waals surface area contributed by atoms with Crippen molar-refractivity contribution in [2.45, 2.75) is 26.3 Å². The number of pyridine rings is 1. The largest absolute Gasteiger partial charge is 0.309 e. The number of likely N-dealkylation sites (tertiary alicyclic amines) is 1. The second-order valence-electron chi connectivity index (χ2n) is 4.93. The minimum Gasteiger partial charge on any atom is -0.309 e. The van der Waals surface area contributed by atoms with E-state index in [-0.39, 0.29) is 0 Å². The number of rotatable bonds is 5. The normalized spacial score (nSPS) is 22.8. The highest BCUT2D eigenvalue weighted by atomic mass is 15.1. The molecule has 3 heteroatoms. The molecule has 0 radical (unpaired) electrons.